The van der Waals surface area contributed by atoms with Crippen molar-refractivity contribution in [2.45, 2.75) is 6.18 Å². The van der Waals surface area contributed by atoms with Crippen LogP contribution in [0.4, 0.5) is 13.2 Å². The van der Waals surface area contributed by atoms with Crippen LogP contribution in [0, 0.1) is 19.5 Å². The number of rotatable bonds is 5. The molecule has 0 heterocycles. The van der Waals surface area contributed by atoms with Gasteiger partial charge in [-0.1, -0.05) is 12.0 Å². The van der Waals surface area contributed by atoms with Gasteiger partial charge in [-0.05, 0) is 81.1 Å². The molecule has 0 spiro atoms. The summed E-state index contributed by atoms with van der Waals surface area (Å²) in [6, 6.07) is 7.66. The monoisotopic (exact) mass is 598 g/mol. The van der Waals surface area contributed by atoms with Gasteiger partial charge in [0.1, 0.15) is 12.4 Å². The molecule has 0 aliphatic carbocycles. The molecule has 0 saturated heterocycles. The summed E-state index contributed by atoms with van der Waals surface area (Å²) < 4.78 is 45.2. The Morgan fingerprint density at radius 1 is 1.26 bits per heavy atom. The number of alkyl halides is 3. The molecule has 1 amide bonds. The van der Waals surface area contributed by atoms with E-state index in [1.165, 1.54) is 18.3 Å². The highest BCUT2D eigenvalue weighted by atomic mass is 127. The van der Waals surface area contributed by atoms with E-state index in [1.807, 2.05) is 0 Å². The number of hydrogen-bond donors (Lipinski definition) is 1. The molecule has 0 fully saturated rings. The number of halogens is 5. The van der Waals surface area contributed by atoms with E-state index in [1.54, 1.807) is 12.1 Å². The summed E-state index contributed by atoms with van der Waals surface area (Å²) in [4.78, 5) is 12.0. The van der Waals surface area contributed by atoms with Crippen molar-refractivity contribution >= 4 is 57.3 Å². The Labute approximate surface area is 180 Å². The normalized spacial score (nSPS) is 11.3. The van der Waals surface area contributed by atoms with Crippen LogP contribution in [0.5, 0.6) is 5.75 Å². The van der Waals surface area contributed by atoms with Gasteiger partial charge in [0.15, 0.2) is 0 Å². The number of carbonyl (C=O) groups excluding carboxylic acids is 1. The summed E-state index contributed by atoms with van der Waals surface area (Å²) in [6.07, 6.45) is 2.05. The van der Waals surface area contributed by atoms with Crippen LogP contribution in [-0.4, -0.2) is 18.7 Å². The van der Waals surface area contributed by atoms with Gasteiger partial charge >= 0.3 is 6.18 Å². The highest BCUT2D eigenvalue weighted by Crippen LogP contribution is 2.30. The summed E-state index contributed by atoms with van der Waals surface area (Å²) >= 11 is 4.17. The highest BCUT2D eigenvalue weighted by Gasteiger charge is 2.30. The minimum Gasteiger partial charge on any atom is -0.479 e. The molecule has 2 aromatic rings. The predicted octanol–water partition coefficient (Wildman–Crippen LogP) is 4.69. The van der Waals surface area contributed by atoms with Gasteiger partial charge in [-0.15, -0.1) is 6.42 Å². The van der Waals surface area contributed by atoms with Crippen LogP contribution in [0.3, 0.4) is 0 Å². The molecule has 0 atom stereocenters. The number of nitrogens with zero attached hydrogens (tertiary/aromatic N) is 1. The molecule has 140 valence electrons. The SMILES string of the molecule is C#CCOc1c(I)cc(/C=N\NC(=O)c2cccc(C(F)(F)F)c2)cc1I. The first kappa shape index (κ1) is 21.5. The Morgan fingerprint density at radius 2 is 1.93 bits per heavy atom. The second-order valence-electron chi connectivity index (χ2n) is 5.08. The molecule has 9 heteroatoms. The van der Waals surface area contributed by atoms with E-state index in [2.05, 4.69) is 61.6 Å². The van der Waals surface area contributed by atoms with E-state index in [4.69, 9.17) is 11.2 Å². The Bertz CT molecular complexity index is 899. The lowest BCUT2D eigenvalue weighted by Gasteiger charge is -2.09. The summed E-state index contributed by atoms with van der Waals surface area (Å²) in [5.41, 5.74) is 1.86. The molecular formula is C18H11F3I2N2O2. The molecular weight excluding hydrogens is 587 g/mol. The number of carbonyl (C=O) groups is 1. The van der Waals surface area contributed by atoms with Crippen LogP contribution >= 0.6 is 45.2 Å². The molecule has 0 saturated carbocycles. The molecule has 0 radical (unpaired) electrons. The standard InChI is InChI=1S/C18H11F3I2N2O2/c1-2-6-27-16-14(22)7-11(8-15(16)23)10-24-25-17(26)12-4-3-5-13(9-12)18(19,20)21/h1,3-5,7-10H,6H2,(H,25,26)/b24-10-. The van der Waals surface area contributed by atoms with Crippen LogP contribution in [-0.2, 0) is 6.18 Å². The first-order valence-electron chi connectivity index (χ1n) is 7.28. The van der Waals surface area contributed by atoms with Gasteiger partial charge in [0.2, 0.25) is 0 Å². The van der Waals surface area contributed by atoms with Gasteiger partial charge in [-0.25, -0.2) is 5.43 Å². The minimum absolute atomic E-state index is 0.135. The predicted molar refractivity (Wildman–Crippen MR) is 113 cm³/mol. The molecule has 0 aliphatic heterocycles. The topological polar surface area (TPSA) is 50.7 Å². The Morgan fingerprint density at radius 3 is 2.52 bits per heavy atom. The third-order valence-electron chi connectivity index (χ3n) is 3.15. The molecule has 0 aromatic heterocycles. The zero-order valence-corrected chi connectivity index (χ0v) is 17.8. The summed E-state index contributed by atoms with van der Waals surface area (Å²) in [7, 11) is 0. The van der Waals surface area contributed by atoms with Crippen molar-refractivity contribution in [1.29, 1.82) is 0 Å². The number of nitrogens with one attached hydrogen (secondary N) is 1. The van der Waals surface area contributed by atoms with Crippen molar-refractivity contribution in [3.63, 3.8) is 0 Å². The third kappa shape index (κ3) is 6.10. The minimum atomic E-state index is -4.52. The smallest absolute Gasteiger partial charge is 0.416 e. The third-order valence-corrected chi connectivity index (χ3v) is 4.75. The first-order valence-corrected chi connectivity index (χ1v) is 9.44. The van der Waals surface area contributed by atoms with E-state index in [0.29, 0.717) is 11.3 Å². The first-order chi connectivity index (χ1) is 12.7. The average Bonchev–Trinajstić information content (AvgIpc) is 2.60. The number of ether oxygens (including phenoxy) is 1. The fraction of sp³-hybridized carbons (Fsp3) is 0.111. The molecule has 0 aliphatic rings. The van der Waals surface area contributed by atoms with E-state index < -0.39 is 17.6 Å². The van der Waals surface area contributed by atoms with Crippen LogP contribution < -0.4 is 10.2 Å². The molecule has 1 N–H and O–H groups in total. The van der Waals surface area contributed by atoms with E-state index >= 15 is 0 Å². The van der Waals surface area contributed by atoms with Crippen molar-refractivity contribution in [3.8, 4) is 18.1 Å². The zero-order valence-electron chi connectivity index (χ0n) is 13.5. The zero-order chi connectivity index (χ0) is 20.0. The van der Waals surface area contributed by atoms with Crippen molar-refractivity contribution in [3.05, 3.63) is 60.2 Å². The largest absolute Gasteiger partial charge is 0.479 e. The van der Waals surface area contributed by atoms with Crippen LogP contribution in [0.15, 0.2) is 41.5 Å². The quantitative estimate of drug-likeness (QED) is 0.235. The van der Waals surface area contributed by atoms with Gasteiger partial charge in [0.25, 0.3) is 5.91 Å². The maximum atomic E-state index is 12.7. The number of amides is 1. The Balaban J connectivity index is 2.09. The van der Waals surface area contributed by atoms with Gasteiger partial charge in [-0.3, -0.25) is 4.79 Å². The molecule has 2 rings (SSSR count). The van der Waals surface area contributed by atoms with Gasteiger partial charge in [-0.2, -0.15) is 18.3 Å². The fourth-order valence-electron chi connectivity index (χ4n) is 1.97. The van der Waals surface area contributed by atoms with Crippen LogP contribution in [0.25, 0.3) is 0 Å². The molecule has 0 bridgehead atoms. The lowest BCUT2D eigenvalue weighted by Crippen LogP contribution is -2.18. The number of hydrazone groups is 1. The second-order valence-corrected chi connectivity index (χ2v) is 7.41. The lowest BCUT2D eigenvalue weighted by atomic mass is 10.1. The Kier molecular flexibility index (Phi) is 7.49. The van der Waals surface area contributed by atoms with Gasteiger partial charge in [0.05, 0.1) is 18.9 Å². The summed E-state index contributed by atoms with van der Waals surface area (Å²) in [6.45, 7) is 0.145. The summed E-state index contributed by atoms with van der Waals surface area (Å²) in [5.74, 6) is 2.30. The Hall–Kier alpha value is -1.81. The van der Waals surface area contributed by atoms with Crippen molar-refractivity contribution in [2.24, 2.45) is 5.10 Å². The van der Waals surface area contributed by atoms with Crippen LogP contribution in [0.2, 0.25) is 0 Å². The maximum absolute atomic E-state index is 12.7. The van der Waals surface area contributed by atoms with Gasteiger partial charge < -0.3 is 4.74 Å². The summed E-state index contributed by atoms with van der Waals surface area (Å²) in [5, 5.41) is 3.80. The molecule has 0 unspecified atom stereocenters. The number of terminal acetylenes is 1. The van der Waals surface area contributed by atoms with Gasteiger partial charge in [0, 0.05) is 5.56 Å². The molecule has 27 heavy (non-hydrogen) atoms. The highest BCUT2D eigenvalue weighted by molar-refractivity contribution is 14.1. The fourth-order valence-corrected chi connectivity index (χ4v) is 4.10. The second kappa shape index (κ2) is 9.41. The van der Waals surface area contributed by atoms with Crippen LogP contribution in [0.1, 0.15) is 21.5 Å². The number of benzene rings is 2. The maximum Gasteiger partial charge on any atom is 0.416 e. The van der Waals surface area contributed by atoms with E-state index in [-0.39, 0.29) is 12.2 Å². The molecule has 4 nitrogen and oxygen atoms in total. The number of hydrogen-bond acceptors (Lipinski definition) is 3. The molecule has 2 aromatic carbocycles. The van der Waals surface area contributed by atoms with Crippen molar-refractivity contribution in [1.82, 2.24) is 5.43 Å². The van der Waals surface area contributed by atoms with Crippen molar-refractivity contribution < 1.29 is 22.7 Å². The lowest BCUT2D eigenvalue weighted by molar-refractivity contribution is -0.137. The van der Waals surface area contributed by atoms with Crippen molar-refractivity contribution in [2.75, 3.05) is 6.61 Å². The van der Waals surface area contributed by atoms with E-state index in [0.717, 1.165) is 19.3 Å². The average molecular weight is 598 g/mol. The van der Waals surface area contributed by atoms with E-state index in [9.17, 15) is 18.0 Å².